The van der Waals surface area contributed by atoms with E-state index in [4.69, 9.17) is 9.15 Å². The van der Waals surface area contributed by atoms with Gasteiger partial charge in [0.15, 0.2) is 5.76 Å². The SMILES string of the molecule is O=C(NC1CCN(CCC2CCOc3ccccc32)CC1)c1cc2ccccc2o1. The molecule has 2 aliphatic heterocycles. The molecule has 5 heteroatoms. The van der Waals surface area contributed by atoms with Crippen LogP contribution in [0.1, 0.15) is 47.7 Å². The van der Waals surface area contributed by atoms with Crippen LogP contribution >= 0.6 is 0 Å². The van der Waals surface area contributed by atoms with E-state index in [0.717, 1.165) is 68.6 Å². The van der Waals surface area contributed by atoms with Crippen LogP contribution in [-0.4, -0.2) is 43.1 Å². The fourth-order valence-corrected chi connectivity index (χ4v) is 4.71. The second-order valence-corrected chi connectivity index (χ2v) is 8.40. The number of ether oxygens (including phenoxy) is 1. The van der Waals surface area contributed by atoms with E-state index in [1.54, 1.807) is 0 Å². The van der Waals surface area contributed by atoms with Crippen LogP contribution in [0.5, 0.6) is 5.75 Å². The van der Waals surface area contributed by atoms with Gasteiger partial charge in [0.25, 0.3) is 5.91 Å². The normalized spacial score (nSPS) is 19.9. The summed E-state index contributed by atoms with van der Waals surface area (Å²) in [6.07, 6.45) is 4.23. The molecule has 1 unspecified atom stereocenters. The molecule has 1 saturated heterocycles. The van der Waals surface area contributed by atoms with Crippen LogP contribution in [0.3, 0.4) is 0 Å². The van der Waals surface area contributed by atoms with Gasteiger partial charge < -0.3 is 19.4 Å². The molecule has 30 heavy (non-hydrogen) atoms. The Morgan fingerprint density at radius 2 is 1.83 bits per heavy atom. The smallest absolute Gasteiger partial charge is 0.287 e. The topological polar surface area (TPSA) is 54.7 Å². The molecule has 1 N–H and O–H groups in total. The van der Waals surface area contributed by atoms with Crippen molar-refractivity contribution in [3.63, 3.8) is 0 Å². The number of benzene rings is 2. The van der Waals surface area contributed by atoms with Crippen LogP contribution in [0, 0.1) is 0 Å². The van der Waals surface area contributed by atoms with Crippen LogP contribution < -0.4 is 10.1 Å². The molecule has 2 aromatic carbocycles. The van der Waals surface area contributed by atoms with Crippen molar-refractivity contribution in [2.45, 2.75) is 37.6 Å². The quantitative estimate of drug-likeness (QED) is 0.676. The first-order valence-electron chi connectivity index (χ1n) is 11.0. The summed E-state index contributed by atoms with van der Waals surface area (Å²) in [7, 11) is 0. The summed E-state index contributed by atoms with van der Waals surface area (Å²) >= 11 is 0. The molecule has 2 aliphatic rings. The molecule has 5 rings (SSSR count). The molecule has 1 amide bonds. The number of nitrogens with one attached hydrogen (secondary N) is 1. The first-order valence-corrected chi connectivity index (χ1v) is 11.0. The summed E-state index contributed by atoms with van der Waals surface area (Å²) in [5.74, 6) is 1.93. The molecule has 1 fully saturated rings. The first kappa shape index (κ1) is 19.2. The number of carbonyl (C=O) groups is 1. The number of fused-ring (bicyclic) bond motifs is 2. The van der Waals surface area contributed by atoms with E-state index in [0.29, 0.717) is 11.7 Å². The summed E-state index contributed by atoms with van der Waals surface area (Å²) in [6.45, 7) is 3.96. The van der Waals surface area contributed by atoms with E-state index in [-0.39, 0.29) is 11.9 Å². The molecule has 0 saturated carbocycles. The zero-order valence-electron chi connectivity index (χ0n) is 17.2. The number of nitrogens with zero attached hydrogens (tertiary/aromatic N) is 1. The minimum Gasteiger partial charge on any atom is -0.493 e. The average molecular weight is 405 g/mol. The Morgan fingerprint density at radius 3 is 2.70 bits per heavy atom. The largest absolute Gasteiger partial charge is 0.493 e. The molecule has 3 aromatic rings. The molecule has 1 atom stereocenters. The van der Waals surface area contributed by atoms with E-state index < -0.39 is 0 Å². The second kappa shape index (κ2) is 8.52. The predicted octanol–water partition coefficient (Wildman–Crippen LogP) is 4.58. The molecule has 3 heterocycles. The lowest BCUT2D eigenvalue weighted by Gasteiger charge is -2.34. The molecule has 156 valence electrons. The number of hydrogen-bond donors (Lipinski definition) is 1. The minimum absolute atomic E-state index is 0.108. The average Bonchev–Trinajstić information content (AvgIpc) is 3.23. The molecular formula is C25H28N2O3. The van der Waals surface area contributed by atoms with Crippen molar-refractivity contribution in [2.75, 3.05) is 26.2 Å². The second-order valence-electron chi connectivity index (χ2n) is 8.40. The molecular weight excluding hydrogens is 376 g/mol. The Kier molecular flexibility index (Phi) is 5.45. The zero-order valence-corrected chi connectivity index (χ0v) is 17.2. The summed E-state index contributed by atoms with van der Waals surface area (Å²) < 4.78 is 11.5. The van der Waals surface area contributed by atoms with Gasteiger partial charge in [0, 0.05) is 24.5 Å². The zero-order chi connectivity index (χ0) is 20.3. The van der Waals surface area contributed by atoms with Crippen molar-refractivity contribution in [1.82, 2.24) is 10.2 Å². The monoisotopic (exact) mass is 404 g/mol. The Labute approximate surface area is 177 Å². The number of hydrogen-bond acceptors (Lipinski definition) is 4. The summed E-state index contributed by atoms with van der Waals surface area (Å²) in [4.78, 5) is 15.1. The Hall–Kier alpha value is -2.79. The van der Waals surface area contributed by atoms with Gasteiger partial charge in [-0.15, -0.1) is 0 Å². The number of likely N-dealkylation sites (tertiary alicyclic amines) is 1. The lowest BCUT2D eigenvalue weighted by molar-refractivity contribution is 0.0884. The van der Waals surface area contributed by atoms with Gasteiger partial charge in [-0.3, -0.25) is 4.79 Å². The Balaban J connectivity index is 1.10. The van der Waals surface area contributed by atoms with Crippen LogP contribution in [-0.2, 0) is 0 Å². The van der Waals surface area contributed by atoms with Crippen LogP contribution in [0.4, 0.5) is 0 Å². The number of rotatable bonds is 5. The first-order chi connectivity index (χ1) is 14.8. The number of amides is 1. The van der Waals surface area contributed by atoms with Crippen molar-refractivity contribution in [2.24, 2.45) is 0 Å². The van der Waals surface area contributed by atoms with Gasteiger partial charge in [0.1, 0.15) is 11.3 Å². The fourth-order valence-electron chi connectivity index (χ4n) is 4.71. The number of piperidine rings is 1. The highest BCUT2D eigenvalue weighted by molar-refractivity contribution is 5.96. The van der Waals surface area contributed by atoms with E-state index in [9.17, 15) is 4.79 Å². The maximum Gasteiger partial charge on any atom is 0.287 e. The molecule has 1 aromatic heterocycles. The van der Waals surface area contributed by atoms with Crippen LogP contribution in [0.2, 0.25) is 0 Å². The molecule has 0 aliphatic carbocycles. The number of para-hydroxylation sites is 2. The van der Waals surface area contributed by atoms with Gasteiger partial charge in [-0.2, -0.15) is 0 Å². The standard InChI is InChI=1S/C25H28N2O3/c28-25(24-17-19-5-1-3-7-22(19)30-24)26-20-10-14-27(15-11-20)13-9-18-12-16-29-23-8-4-2-6-21(18)23/h1-8,17-18,20H,9-16H2,(H,26,28). The highest BCUT2D eigenvalue weighted by Gasteiger charge is 2.25. The third-order valence-corrected chi connectivity index (χ3v) is 6.45. The third kappa shape index (κ3) is 4.08. The van der Waals surface area contributed by atoms with Gasteiger partial charge in [-0.05, 0) is 61.9 Å². The van der Waals surface area contributed by atoms with Crippen molar-refractivity contribution >= 4 is 16.9 Å². The maximum absolute atomic E-state index is 12.6. The molecule has 0 bridgehead atoms. The Bertz CT molecular complexity index is 987. The summed E-state index contributed by atoms with van der Waals surface area (Å²) in [5.41, 5.74) is 2.11. The summed E-state index contributed by atoms with van der Waals surface area (Å²) in [5, 5.41) is 4.12. The molecule has 0 radical (unpaired) electrons. The van der Waals surface area contributed by atoms with Crippen molar-refractivity contribution in [1.29, 1.82) is 0 Å². The molecule has 0 spiro atoms. The van der Waals surface area contributed by atoms with Crippen molar-refractivity contribution < 1.29 is 13.9 Å². The third-order valence-electron chi connectivity index (χ3n) is 6.45. The van der Waals surface area contributed by atoms with E-state index >= 15 is 0 Å². The fraction of sp³-hybridized carbons (Fsp3) is 0.400. The van der Waals surface area contributed by atoms with E-state index in [2.05, 4.69) is 28.4 Å². The van der Waals surface area contributed by atoms with Gasteiger partial charge in [-0.25, -0.2) is 0 Å². The number of carbonyl (C=O) groups excluding carboxylic acids is 1. The highest BCUT2D eigenvalue weighted by atomic mass is 16.5. The predicted molar refractivity (Wildman–Crippen MR) is 117 cm³/mol. The van der Waals surface area contributed by atoms with Crippen molar-refractivity contribution in [3.8, 4) is 5.75 Å². The highest BCUT2D eigenvalue weighted by Crippen LogP contribution is 2.35. The van der Waals surface area contributed by atoms with Crippen LogP contribution in [0.25, 0.3) is 11.0 Å². The summed E-state index contributed by atoms with van der Waals surface area (Å²) in [6, 6.07) is 18.2. The van der Waals surface area contributed by atoms with Crippen LogP contribution in [0.15, 0.2) is 59.0 Å². The Morgan fingerprint density at radius 1 is 1.03 bits per heavy atom. The van der Waals surface area contributed by atoms with Crippen molar-refractivity contribution in [3.05, 3.63) is 65.9 Å². The van der Waals surface area contributed by atoms with E-state index in [1.165, 1.54) is 5.56 Å². The van der Waals surface area contributed by atoms with E-state index in [1.807, 2.05) is 36.4 Å². The molecule has 5 nitrogen and oxygen atoms in total. The number of furan rings is 1. The van der Waals surface area contributed by atoms with Gasteiger partial charge in [0.2, 0.25) is 0 Å². The maximum atomic E-state index is 12.6. The lowest BCUT2D eigenvalue weighted by Crippen LogP contribution is -2.45. The minimum atomic E-state index is -0.108. The lowest BCUT2D eigenvalue weighted by atomic mass is 9.90. The van der Waals surface area contributed by atoms with Gasteiger partial charge in [0.05, 0.1) is 6.61 Å². The van der Waals surface area contributed by atoms with Gasteiger partial charge in [-0.1, -0.05) is 36.4 Å². The van der Waals surface area contributed by atoms with Gasteiger partial charge >= 0.3 is 0 Å².